The van der Waals surface area contributed by atoms with Crippen LogP contribution >= 0.6 is 45.9 Å². The van der Waals surface area contributed by atoms with E-state index in [1.165, 1.54) is 11.1 Å². The number of aryl methyl sites for hydroxylation is 2. The SMILES string of the molecule is O=C1C[C@@H]2[C@@H](CC[C@@H](O)CCc3ccccc3)[C@H](OB(P)P)C[C@@H]2O1.O=C1C[C@@H]2[C@@H](CC[C@H](CCc3ccccc3)OP)[C@H](OB(P)P)C[C@@H]2O1.[3HH]. The van der Waals surface area contributed by atoms with Gasteiger partial charge in [0.05, 0.1) is 25.0 Å². The Balaban J connectivity index is 0.000000228. The third-order valence-corrected chi connectivity index (χ3v) is 12.0. The van der Waals surface area contributed by atoms with E-state index in [4.69, 9.17) is 23.3 Å². The molecule has 2 saturated carbocycles. The molecule has 2 aromatic carbocycles. The maximum atomic E-state index is 11.7. The van der Waals surface area contributed by atoms with Crippen LogP contribution in [0.5, 0.6) is 0 Å². The molecule has 15 heteroatoms. The lowest BCUT2D eigenvalue weighted by Crippen LogP contribution is -2.27. The molecule has 0 spiro atoms. The third kappa shape index (κ3) is 12.8. The quantitative estimate of drug-likeness (QED) is 0.107. The van der Waals surface area contributed by atoms with Crippen molar-refractivity contribution in [2.75, 3.05) is 0 Å². The van der Waals surface area contributed by atoms with Gasteiger partial charge in [-0.25, -0.2) is 0 Å². The van der Waals surface area contributed by atoms with E-state index in [0.29, 0.717) is 24.7 Å². The van der Waals surface area contributed by atoms with Crippen molar-refractivity contribution in [1.82, 2.24) is 0 Å². The molecular weight excluding hydrogens is 737 g/mol. The van der Waals surface area contributed by atoms with Crippen LogP contribution in [0.25, 0.3) is 0 Å². The van der Waals surface area contributed by atoms with E-state index in [1.807, 2.05) is 24.3 Å². The minimum absolute atomic E-state index is 0. The molecule has 0 aromatic heterocycles. The molecule has 0 bridgehead atoms. The van der Waals surface area contributed by atoms with Crippen LogP contribution < -0.4 is 0 Å². The molecule has 0 amide bonds. The summed E-state index contributed by atoms with van der Waals surface area (Å²) < 4.78 is 28.7. The fourth-order valence-electron chi connectivity index (χ4n) is 8.57. The topological polar surface area (TPSA) is 101 Å². The lowest BCUT2D eigenvalue weighted by Gasteiger charge is -2.26. The molecule has 2 aliphatic heterocycles. The first-order valence-electron chi connectivity index (χ1n) is 18.4. The van der Waals surface area contributed by atoms with Crippen LogP contribution in [0.2, 0.25) is 0 Å². The highest BCUT2D eigenvalue weighted by atomic mass is 31.1. The summed E-state index contributed by atoms with van der Waals surface area (Å²) in [6.07, 6.45) is 10.1. The number of hydrogen-bond acceptors (Lipinski definition) is 8. The predicted molar refractivity (Wildman–Crippen MR) is 223 cm³/mol. The molecule has 4 fully saturated rings. The Morgan fingerprint density at radius 2 is 1.16 bits per heavy atom. The zero-order chi connectivity index (χ0) is 36.3. The second kappa shape index (κ2) is 21.0. The Hall–Kier alpha value is -0.500. The van der Waals surface area contributed by atoms with Gasteiger partial charge in [0, 0.05) is 47.8 Å². The van der Waals surface area contributed by atoms with Crippen molar-refractivity contribution in [3.8, 4) is 0 Å². The Labute approximate surface area is 318 Å². The van der Waals surface area contributed by atoms with Crippen molar-refractivity contribution < 1.29 is 39.4 Å². The first-order chi connectivity index (χ1) is 24.6. The van der Waals surface area contributed by atoms with Crippen LogP contribution in [0.1, 0.15) is 76.8 Å². The van der Waals surface area contributed by atoms with Crippen molar-refractivity contribution in [3.05, 3.63) is 71.8 Å². The van der Waals surface area contributed by atoms with E-state index < -0.39 is 0 Å². The van der Waals surface area contributed by atoms with Crippen LogP contribution in [0.15, 0.2) is 60.7 Å². The zero-order valence-corrected chi connectivity index (χ0v) is 35.2. The molecule has 2 aromatic rings. The average Bonchev–Trinajstić information content (AvgIpc) is 3.82. The Morgan fingerprint density at radius 3 is 1.61 bits per heavy atom. The van der Waals surface area contributed by atoms with Crippen molar-refractivity contribution in [3.63, 3.8) is 0 Å². The summed E-state index contributed by atoms with van der Waals surface area (Å²) in [5, 5.41) is 10.4. The molecule has 0 radical (unpaired) electrons. The number of aliphatic hydroxyl groups excluding tert-OH is 1. The molecule has 5 unspecified atom stereocenters. The van der Waals surface area contributed by atoms with E-state index in [2.05, 4.69) is 82.3 Å². The minimum Gasteiger partial charge on any atom is -0.462 e. The standard InChI is InChI=1S/C18H28BO4P3.C18H27BO4P2.H2/c20-18-10-15-14(17(22-19(24)25)11-16(15)21-18)9-8-13(23-26)7-6-12-4-2-1-3-5-12;20-13(7-6-12-4-2-1-3-5-12)8-9-14-15-10-18(21)22-16(15)11-17(14)23-19(24)25;/h1-5,13-17H,6-11,24-26H2;1-5,13-17,20H,6-11,24-25H2;1H/t2*13-,14+,15+,16-,17+;/m00./s1/i;;1+2. The van der Waals surface area contributed by atoms with E-state index in [1.54, 1.807) is 0 Å². The molecule has 6 rings (SSSR count). The molecule has 2 heterocycles. The van der Waals surface area contributed by atoms with Gasteiger partial charge in [-0.1, -0.05) is 60.7 Å². The number of aliphatic hydroxyl groups is 1. The number of fused-ring (bicyclic) bond motifs is 2. The molecule has 4 aliphatic rings. The minimum atomic E-state index is -0.319. The maximum absolute atomic E-state index is 11.7. The summed E-state index contributed by atoms with van der Waals surface area (Å²) in [7, 11) is 13.0. The molecule has 8 nitrogen and oxygen atoms in total. The number of carbonyl (C=O) groups is 2. The Bertz CT molecular complexity index is 1370. The van der Waals surface area contributed by atoms with Gasteiger partial charge in [0.25, 0.3) is 0 Å². The summed E-state index contributed by atoms with van der Waals surface area (Å²) in [5.74, 6) is 1.03. The van der Waals surface area contributed by atoms with Gasteiger partial charge in [0.1, 0.15) is 12.2 Å². The van der Waals surface area contributed by atoms with E-state index in [9.17, 15) is 14.7 Å². The molecular formula is C36H57B2O8P5. The second-order valence-corrected chi connectivity index (χ2v) is 18.9. The summed E-state index contributed by atoms with van der Waals surface area (Å²) >= 11 is 0. The molecule has 280 valence electrons. The van der Waals surface area contributed by atoms with Crippen molar-refractivity contribution in [2.45, 2.75) is 114 Å². The van der Waals surface area contributed by atoms with Gasteiger partial charge in [0.15, 0.2) is 0 Å². The highest BCUT2D eigenvalue weighted by Crippen LogP contribution is 2.47. The number of hydrogen-bond donors (Lipinski definition) is 1. The molecule has 15 atom stereocenters. The van der Waals surface area contributed by atoms with Gasteiger partial charge in [0.2, 0.25) is 0 Å². The summed E-state index contributed by atoms with van der Waals surface area (Å²) in [4.78, 5) is 23.3. The van der Waals surface area contributed by atoms with Crippen LogP contribution in [0.3, 0.4) is 0 Å². The van der Waals surface area contributed by atoms with E-state index in [0.717, 1.165) is 64.2 Å². The lowest BCUT2D eigenvalue weighted by atomic mass is 9.86. The van der Waals surface area contributed by atoms with E-state index >= 15 is 0 Å². The summed E-state index contributed by atoms with van der Waals surface area (Å²) in [5.41, 5.74) is 2.60. The first-order valence-corrected chi connectivity index (χ1v) is 21.6. The summed E-state index contributed by atoms with van der Waals surface area (Å²) in [6, 6.07) is 20.8. The highest BCUT2D eigenvalue weighted by molar-refractivity contribution is 7.92. The van der Waals surface area contributed by atoms with Gasteiger partial charge in [-0.3, -0.25) is 9.59 Å². The number of ether oxygens (including phenoxy) is 2. The smallest absolute Gasteiger partial charge is 0.336 e. The van der Waals surface area contributed by atoms with E-state index in [-0.39, 0.29) is 74.5 Å². The molecule has 1 N–H and O–H groups in total. The van der Waals surface area contributed by atoms with Crippen molar-refractivity contribution in [2.24, 2.45) is 23.7 Å². The number of benzene rings is 2. The average molecular weight is 796 g/mol. The fraction of sp³-hybridized carbons (Fsp3) is 0.611. The largest absolute Gasteiger partial charge is 0.462 e. The van der Waals surface area contributed by atoms with Gasteiger partial charge in [-0.05, 0) is 74.3 Å². The van der Waals surface area contributed by atoms with Crippen LogP contribution in [-0.4, -0.2) is 66.4 Å². The molecule has 2 aliphatic carbocycles. The second-order valence-electron chi connectivity index (χ2n) is 14.5. The van der Waals surface area contributed by atoms with Gasteiger partial charge in [-0.2, -0.15) is 0 Å². The van der Waals surface area contributed by atoms with Crippen molar-refractivity contribution >= 4 is 70.6 Å². The van der Waals surface area contributed by atoms with Gasteiger partial charge < -0.3 is 28.4 Å². The number of rotatable bonds is 17. The predicted octanol–water partition coefficient (Wildman–Crippen LogP) is 6.72. The normalized spacial score (nSPS) is 29.0. The zero-order valence-electron chi connectivity index (χ0n) is 29.4. The van der Waals surface area contributed by atoms with Crippen LogP contribution in [-0.2, 0) is 45.7 Å². The van der Waals surface area contributed by atoms with Crippen LogP contribution in [0.4, 0.5) is 0 Å². The Kier molecular flexibility index (Phi) is 17.1. The molecule has 51 heavy (non-hydrogen) atoms. The Morgan fingerprint density at radius 1 is 0.706 bits per heavy atom. The number of carbonyl (C=O) groups excluding carboxylic acids is 2. The fourth-order valence-corrected chi connectivity index (χ4v) is 9.65. The summed E-state index contributed by atoms with van der Waals surface area (Å²) in [6.45, 7) is 0. The number of esters is 2. The molecule has 2 saturated heterocycles. The van der Waals surface area contributed by atoms with Gasteiger partial charge in [-0.15, -0.1) is 36.5 Å². The third-order valence-electron chi connectivity index (χ3n) is 11.0. The lowest BCUT2D eigenvalue weighted by molar-refractivity contribution is -0.142. The first kappa shape index (κ1) is 41.7. The monoisotopic (exact) mass is 796 g/mol. The van der Waals surface area contributed by atoms with Gasteiger partial charge >= 0.3 is 24.6 Å². The maximum Gasteiger partial charge on any atom is 0.336 e. The van der Waals surface area contributed by atoms with Crippen LogP contribution in [0, 0.1) is 23.7 Å². The highest BCUT2D eigenvalue weighted by Gasteiger charge is 2.51. The van der Waals surface area contributed by atoms with Crippen molar-refractivity contribution in [1.29, 1.82) is 0 Å².